The van der Waals surface area contributed by atoms with Gasteiger partial charge in [-0.05, 0) is 50.8 Å². The molecular formula is C24H29ClN4OS. The van der Waals surface area contributed by atoms with Crippen LogP contribution in [0.3, 0.4) is 0 Å². The summed E-state index contributed by atoms with van der Waals surface area (Å²) in [4.78, 5) is 14.6. The molecule has 2 aromatic heterocycles. The maximum Gasteiger partial charge on any atom is 0.257 e. The number of rotatable bonds is 6. The van der Waals surface area contributed by atoms with Crippen molar-refractivity contribution in [2.75, 3.05) is 5.32 Å². The van der Waals surface area contributed by atoms with Crippen LogP contribution in [0.4, 0.5) is 5.82 Å². The summed E-state index contributed by atoms with van der Waals surface area (Å²) in [6, 6.07) is 14.4. The van der Waals surface area contributed by atoms with E-state index in [1.807, 2.05) is 35.0 Å². The lowest BCUT2D eigenvalue weighted by atomic mass is 9.88. The molecule has 0 bridgehead atoms. The van der Waals surface area contributed by atoms with Gasteiger partial charge in [-0.15, -0.1) is 11.3 Å². The van der Waals surface area contributed by atoms with Gasteiger partial charge in [-0.3, -0.25) is 4.79 Å². The van der Waals surface area contributed by atoms with Gasteiger partial charge in [0, 0.05) is 4.88 Å². The van der Waals surface area contributed by atoms with E-state index in [0.717, 1.165) is 34.3 Å². The van der Waals surface area contributed by atoms with Crippen molar-refractivity contribution in [1.29, 1.82) is 0 Å². The van der Waals surface area contributed by atoms with E-state index in [-0.39, 0.29) is 17.5 Å². The van der Waals surface area contributed by atoms with Crippen molar-refractivity contribution in [2.45, 2.75) is 64.1 Å². The minimum absolute atomic E-state index is 0.116. The van der Waals surface area contributed by atoms with Gasteiger partial charge in [-0.1, -0.05) is 55.8 Å². The first-order valence-corrected chi connectivity index (χ1v) is 12.0. The van der Waals surface area contributed by atoms with E-state index in [2.05, 4.69) is 55.6 Å². The van der Waals surface area contributed by atoms with E-state index in [9.17, 15) is 4.79 Å². The summed E-state index contributed by atoms with van der Waals surface area (Å²) >= 11 is 7.72. The molecule has 5 nitrogen and oxygen atoms in total. The number of nitrogens with one attached hydrogen (secondary N) is 2. The number of carbonyl (C=O) groups is 1. The van der Waals surface area contributed by atoms with Gasteiger partial charge in [0.15, 0.2) is 0 Å². The summed E-state index contributed by atoms with van der Waals surface area (Å²) in [5.41, 5.74) is 1.11. The number of halogens is 1. The zero-order chi connectivity index (χ0) is 22.2. The highest BCUT2D eigenvalue weighted by atomic mass is 35.5. The van der Waals surface area contributed by atoms with Crippen LogP contribution in [0.5, 0.6) is 0 Å². The third kappa shape index (κ3) is 3.99. The van der Waals surface area contributed by atoms with Crippen molar-refractivity contribution in [3.05, 3.63) is 69.0 Å². The standard InChI is InChI=1S/C24H29ClN4OS/c1-5-24(6-2,19-12-13-20(25)31-19)28-22(30)17-15-26-29-21(17)27-18(14-23(29,3)4)16-10-8-7-9-11-16/h7-13,15,18,27H,5-6,14H2,1-4H3,(H,28,30). The molecule has 1 aromatic carbocycles. The molecular weight excluding hydrogens is 428 g/mol. The third-order valence-electron chi connectivity index (χ3n) is 6.41. The molecule has 1 atom stereocenters. The van der Waals surface area contributed by atoms with Gasteiger partial charge in [0.05, 0.1) is 27.7 Å². The minimum atomic E-state index is -0.452. The van der Waals surface area contributed by atoms with Gasteiger partial charge in [0.2, 0.25) is 0 Å². The molecule has 0 radical (unpaired) electrons. The van der Waals surface area contributed by atoms with Gasteiger partial charge in [0.25, 0.3) is 5.91 Å². The van der Waals surface area contributed by atoms with E-state index in [1.54, 1.807) is 6.20 Å². The van der Waals surface area contributed by atoms with Crippen LogP contribution in [0.15, 0.2) is 48.7 Å². The Morgan fingerprint density at radius 1 is 1.26 bits per heavy atom. The van der Waals surface area contributed by atoms with Crippen molar-refractivity contribution in [3.8, 4) is 0 Å². The largest absolute Gasteiger partial charge is 0.363 e. The lowest BCUT2D eigenvalue weighted by Crippen LogP contribution is -2.45. The molecule has 3 heterocycles. The van der Waals surface area contributed by atoms with Gasteiger partial charge < -0.3 is 10.6 Å². The van der Waals surface area contributed by atoms with Crippen LogP contribution in [0, 0.1) is 0 Å². The number of fused-ring (bicyclic) bond motifs is 1. The Kier molecular flexibility index (Phi) is 5.88. The second-order valence-electron chi connectivity index (χ2n) is 8.79. The fraction of sp³-hybridized carbons (Fsp3) is 0.417. The summed E-state index contributed by atoms with van der Waals surface area (Å²) < 4.78 is 2.68. The van der Waals surface area contributed by atoms with Crippen LogP contribution in [0.2, 0.25) is 4.34 Å². The highest BCUT2D eigenvalue weighted by molar-refractivity contribution is 7.16. The predicted octanol–water partition coefficient (Wildman–Crippen LogP) is 6.34. The van der Waals surface area contributed by atoms with Crippen LogP contribution in [-0.2, 0) is 11.1 Å². The van der Waals surface area contributed by atoms with E-state index < -0.39 is 5.54 Å². The fourth-order valence-electron chi connectivity index (χ4n) is 4.49. The Morgan fingerprint density at radius 2 is 1.97 bits per heavy atom. The molecule has 2 N–H and O–H groups in total. The van der Waals surface area contributed by atoms with E-state index >= 15 is 0 Å². The monoisotopic (exact) mass is 456 g/mol. The summed E-state index contributed by atoms with van der Waals surface area (Å²) in [6.45, 7) is 8.52. The SMILES string of the molecule is CCC(CC)(NC(=O)c1cnn2c1NC(c1ccccc1)CC2(C)C)c1ccc(Cl)s1. The lowest BCUT2D eigenvalue weighted by Gasteiger charge is -2.38. The van der Waals surface area contributed by atoms with Crippen molar-refractivity contribution in [1.82, 2.24) is 15.1 Å². The lowest BCUT2D eigenvalue weighted by molar-refractivity contribution is 0.0892. The quantitative estimate of drug-likeness (QED) is 0.455. The molecule has 0 aliphatic carbocycles. The smallest absolute Gasteiger partial charge is 0.257 e. The van der Waals surface area contributed by atoms with Crippen molar-refractivity contribution < 1.29 is 4.79 Å². The van der Waals surface area contributed by atoms with Crippen LogP contribution in [0.1, 0.15) is 73.8 Å². The van der Waals surface area contributed by atoms with E-state index in [1.165, 1.54) is 16.9 Å². The minimum Gasteiger partial charge on any atom is -0.363 e. The van der Waals surface area contributed by atoms with Gasteiger partial charge in [0.1, 0.15) is 11.4 Å². The Bertz CT molecular complexity index is 1070. The molecule has 164 valence electrons. The molecule has 4 rings (SSSR count). The zero-order valence-corrected chi connectivity index (χ0v) is 20.0. The first-order valence-electron chi connectivity index (χ1n) is 10.8. The van der Waals surface area contributed by atoms with Crippen LogP contribution in [0.25, 0.3) is 0 Å². The molecule has 7 heteroatoms. The summed E-state index contributed by atoms with van der Waals surface area (Å²) in [5.74, 6) is 0.652. The number of anilines is 1. The summed E-state index contributed by atoms with van der Waals surface area (Å²) in [5, 5.41) is 11.5. The highest BCUT2D eigenvalue weighted by Crippen LogP contribution is 2.41. The Labute approximate surface area is 192 Å². The number of hydrogen-bond donors (Lipinski definition) is 2. The maximum absolute atomic E-state index is 13.5. The number of benzene rings is 1. The average Bonchev–Trinajstić information content (AvgIpc) is 3.39. The molecule has 1 amide bonds. The molecule has 0 saturated heterocycles. The van der Waals surface area contributed by atoms with E-state index in [0.29, 0.717) is 5.56 Å². The molecule has 31 heavy (non-hydrogen) atoms. The van der Waals surface area contributed by atoms with Crippen molar-refractivity contribution >= 4 is 34.7 Å². The first kappa shape index (κ1) is 21.9. The molecule has 1 unspecified atom stereocenters. The summed E-state index contributed by atoms with van der Waals surface area (Å²) in [7, 11) is 0. The molecule has 1 aliphatic heterocycles. The van der Waals surface area contributed by atoms with Crippen molar-refractivity contribution in [2.24, 2.45) is 0 Å². The number of thiophene rings is 1. The number of hydrogen-bond acceptors (Lipinski definition) is 4. The van der Waals surface area contributed by atoms with Crippen LogP contribution < -0.4 is 10.6 Å². The maximum atomic E-state index is 13.5. The number of aromatic nitrogens is 2. The number of carbonyl (C=O) groups excluding carboxylic acids is 1. The highest BCUT2D eigenvalue weighted by Gasteiger charge is 2.38. The normalized spacial score (nSPS) is 17.6. The molecule has 3 aromatic rings. The average molecular weight is 457 g/mol. The van der Waals surface area contributed by atoms with Crippen LogP contribution >= 0.6 is 22.9 Å². The predicted molar refractivity (Wildman–Crippen MR) is 128 cm³/mol. The molecule has 0 saturated carbocycles. The Balaban J connectivity index is 1.67. The van der Waals surface area contributed by atoms with Gasteiger partial charge in [-0.2, -0.15) is 5.10 Å². The fourth-order valence-corrected chi connectivity index (χ4v) is 5.82. The van der Waals surface area contributed by atoms with Gasteiger partial charge >= 0.3 is 0 Å². The van der Waals surface area contributed by atoms with Crippen molar-refractivity contribution in [3.63, 3.8) is 0 Å². The first-order chi connectivity index (χ1) is 14.8. The topological polar surface area (TPSA) is 59.0 Å². The second-order valence-corrected chi connectivity index (χ2v) is 10.5. The zero-order valence-electron chi connectivity index (χ0n) is 18.4. The second kappa shape index (κ2) is 8.32. The van der Waals surface area contributed by atoms with Crippen LogP contribution in [-0.4, -0.2) is 15.7 Å². The van der Waals surface area contributed by atoms with E-state index in [4.69, 9.17) is 11.6 Å². The molecule has 1 aliphatic rings. The summed E-state index contributed by atoms with van der Waals surface area (Å²) in [6.07, 6.45) is 4.13. The third-order valence-corrected chi connectivity index (χ3v) is 7.84. The Hall–Kier alpha value is -2.31. The Morgan fingerprint density at radius 3 is 2.58 bits per heavy atom. The number of nitrogens with zero attached hydrogens (tertiary/aromatic N) is 2. The molecule has 0 fully saturated rings. The molecule has 0 spiro atoms. The van der Waals surface area contributed by atoms with Gasteiger partial charge in [-0.25, -0.2) is 4.68 Å². The number of amides is 1.